The molecule has 0 aliphatic carbocycles. The number of hydrogen-bond donors (Lipinski definition) is 2. The van der Waals surface area contributed by atoms with Gasteiger partial charge in [0.25, 0.3) is 0 Å². The second-order valence-electron chi connectivity index (χ2n) is 10.9. The highest BCUT2D eigenvalue weighted by molar-refractivity contribution is 7.89. The molecule has 10 nitrogen and oxygen atoms in total. The predicted molar refractivity (Wildman–Crippen MR) is 155 cm³/mol. The maximum Gasteiger partial charge on any atom is 0.410 e. The molecule has 2 N–H and O–H groups in total. The average molecular weight is 633 g/mol. The van der Waals surface area contributed by atoms with E-state index < -0.39 is 51.7 Å². The van der Waals surface area contributed by atoms with Crippen molar-refractivity contribution >= 4 is 22.1 Å². The minimum absolute atomic E-state index is 0.101. The molecular weight excluding hydrogens is 598 g/mol. The maximum atomic E-state index is 13.9. The standard InChI is InChI=1S/C31H34F2N2O8S/c1-20(2)17-41-21(3)42-30(38)34-28(29(36)37)15-22-6-4-9-27(14-22)44(39,40)35-18-31(19-35,23-10-12-24(32)13-11-23)43-26-8-5-7-25(33)16-26/h4-14,16,20-21,28H,15,17-19H2,1-3H3,(H,34,38)(H,36,37). The average Bonchev–Trinajstić information content (AvgIpc) is 2.94. The van der Waals surface area contributed by atoms with E-state index in [1.807, 2.05) is 13.8 Å². The van der Waals surface area contributed by atoms with E-state index in [-0.39, 0.29) is 36.1 Å². The van der Waals surface area contributed by atoms with Gasteiger partial charge < -0.3 is 24.6 Å². The van der Waals surface area contributed by atoms with Crippen LogP contribution in [0.5, 0.6) is 5.75 Å². The summed E-state index contributed by atoms with van der Waals surface area (Å²) in [5, 5.41) is 12.0. The Balaban J connectivity index is 1.48. The van der Waals surface area contributed by atoms with E-state index in [0.717, 1.165) is 4.31 Å². The first kappa shape index (κ1) is 32.8. The number of ether oxygens (including phenoxy) is 3. The van der Waals surface area contributed by atoms with Gasteiger partial charge in [-0.2, -0.15) is 4.31 Å². The summed E-state index contributed by atoms with van der Waals surface area (Å²) in [7, 11) is -4.09. The van der Waals surface area contributed by atoms with Crippen molar-refractivity contribution in [3.05, 3.63) is 95.6 Å². The molecule has 3 aromatic rings. The summed E-state index contributed by atoms with van der Waals surface area (Å²) >= 11 is 0. The molecule has 1 fully saturated rings. The van der Waals surface area contributed by atoms with Crippen LogP contribution in [0.25, 0.3) is 0 Å². The summed E-state index contributed by atoms with van der Waals surface area (Å²) in [5.74, 6) is -1.97. The lowest BCUT2D eigenvalue weighted by molar-refractivity contribution is -0.140. The molecule has 3 aromatic carbocycles. The smallest absolute Gasteiger partial charge is 0.410 e. The van der Waals surface area contributed by atoms with Gasteiger partial charge in [-0.1, -0.05) is 44.2 Å². The van der Waals surface area contributed by atoms with Crippen molar-refractivity contribution in [2.45, 2.75) is 50.0 Å². The van der Waals surface area contributed by atoms with Gasteiger partial charge in [0, 0.05) is 12.5 Å². The van der Waals surface area contributed by atoms with E-state index in [4.69, 9.17) is 14.2 Å². The van der Waals surface area contributed by atoms with E-state index in [2.05, 4.69) is 5.32 Å². The fraction of sp³-hybridized carbons (Fsp3) is 0.355. The largest absolute Gasteiger partial charge is 0.480 e. The first-order valence-corrected chi connectivity index (χ1v) is 15.3. The second-order valence-corrected chi connectivity index (χ2v) is 12.9. The van der Waals surface area contributed by atoms with Gasteiger partial charge >= 0.3 is 12.1 Å². The lowest BCUT2D eigenvalue weighted by atomic mass is 9.87. The third-order valence-electron chi connectivity index (χ3n) is 6.85. The lowest BCUT2D eigenvalue weighted by Crippen LogP contribution is -2.64. The second kappa shape index (κ2) is 13.7. The summed E-state index contributed by atoms with van der Waals surface area (Å²) in [6.07, 6.45) is -2.12. The zero-order valence-corrected chi connectivity index (χ0v) is 25.2. The van der Waals surface area contributed by atoms with Gasteiger partial charge in [-0.25, -0.2) is 26.8 Å². The van der Waals surface area contributed by atoms with Crippen LogP contribution in [0.15, 0.2) is 77.7 Å². The summed E-state index contributed by atoms with van der Waals surface area (Å²) in [6, 6.07) is 15.2. The molecule has 1 saturated heterocycles. The molecule has 1 aliphatic heterocycles. The highest BCUT2D eigenvalue weighted by Gasteiger charge is 2.52. The Morgan fingerprint density at radius 3 is 2.30 bits per heavy atom. The topological polar surface area (TPSA) is 131 Å². The van der Waals surface area contributed by atoms with Crippen LogP contribution in [0.3, 0.4) is 0 Å². The van der Waals surface area contributed by atoms with Crippen LogP contribution in [0.4, 0.5) is 13.6 Å². The number of nitrogens with zero attached hydrogens (tertiary/aromatic N) is 1. The number of alkyl carbamates (subject to hydrolysis) is 1. The molecule has 0 saturated carbocycles. The Morgan fingerprint density at radius 2 is 1.66 bits per heavy atom. The van der Waals surface area contributed by atoms with Gasteiger partial charge in [0.05, 0.1) is 24.6 Å². The van der Waals surface area contributed by atoms with Crippen LogP contribution in [0, 0.1) is 17.6 Å². The van der Waals surface area contributed by atoms with Crippen LogP contribution in [-0.4, -0.2) is 61.9 Å². The van der Waals surface area contributed by atoms with Gasteiger partial charge in [-0.15, -0.1) is 0 Å². The van der Waals surface area contributed by atoms with Crippen molar-refractivity contribution in [3.63, 3.8) is 0 Å². The Morgan fingerprint density at radius 1 is 0.977 bits per heavy atom. The van der Waals surface area contributed by atoms with Crippen molar-refractivity contribution in [2.24, 2.45) is 5.92 Å². The Bertz CT molecular complexity index is 1580. The number of hydrogen-bond acceptors (Lipinski definition) is 7. The van der Waals surface area contributed by atoms with E-state index in [1.165, 1.54) is 73.7 Å². The Hall–Kier alpha value is -4.07. The fourth-order valence-corrected chi connectivity index (χ4v) is 6.22. The molecule has 0 spiro atoms. The summed E-state index contributed by atoms with van der Waals surface area (Å²) in [4.78, 5) is 24.1. The molecule has 2 atom stereocenters. The van der Waals surface area contributed by atoms with E-state index >= 15 is 0 Å². The highest BCUT2D eigenvalue weighted by Crippen LogP contribution is 2.40. The van der Waals surface area contributed by atoms with E-state index in [9.17, 15) is 31.9 Å². The van der Waals surface area contributed by atoms with Gasteiger partial charge in [0.2, 0.25) is 16.3 Å². The molecule has 236 valence electrons. The number of sulfonamides is 1. The van der Waals surface area contributed by atoms with Crippen LogP contribution in [-0.2, 0) is 36.3 Å². The van der Waals surface area contributed by atoms with Crippen molar-refractivity contribution in [3.8, 4) is 5.75 Å². The lowest BCUT2D eigenvalue weighted by Gasteiger charge is -2.48. The summed E-state index contributed by atoms with van der Waals surface area (Å²) in [5.41, 5.74) is -0.361. The predicted octanol–water partition coefficient (Wildman–Crippen LogP) is 4.68. The Labute approximate surface area is 254 Å². The molecule has 0 aromatic heterocycles. The number of nitrogens with one attached hydrogen (secondary N) is 1. The van der Waals surface area contributed by atoms with Crippen LogP contribution in [0.2, 0.25) is 0 Å². The quantitative estimate of drug-likeness (QED) is 0.260. The summed E-state index contributed by atoms with van der Waals surface area (Å²) < 4.78 is 72.4. The first-order valence-electron chi connectivity index (χ1n) is 13.9. The third kappa shape index (κ3) is 8.10. The zero-order chi connectivity index (χ0) is 32.1. The number of benzene rings is 3. The van der Waals surface area contributed by atoms with Crippen LogP contribution in [0.1, 0.15) is 31.9 Å². The fourth-order valence-electron chi connectivity index (χ4n) is 4.62. The molecule has 1 aliphatic rings. The maximum absolute atomic E-state index is 13.9. The molecule has 0 radical (unpaired) electrons. The molecular formula is C31H34F2N2O8S. The molecule has 2 unspecified atom stereocenters. The number of carbonyl (C=O) groups excluding carboxylic acids is 1. The zero-order valence-electron chi connectivity index (χ0n) is 24.4. The van der Waals surface area contributed by atoms with Crippen molar-refractivity contribution < 1.29 is 46.1 Å². The highest BCUT2D eigenvalue weighted by atomic mass is 32.2. The number of amides is 1. The molecule has 4 rings (SSSR count). The number of aliphatic carboxylic acids is 1. The molecule has 13 heteroatoms. The summed E-state index contributed by atoms with van der Waals surface area (Å²) in [6.45, 7) is 5.40. The van der Waals surface area contributed by atoms with Crippen molar-refractivity contribution in [2.75, 3.05) is 19.7 Å². The minimum atomic E-state index is -4.09. The monoisotopic (exact) mass is 632 g/mol. The van der Waals surface area contributed by atoms with Crippen LogP contribution >= 0.6 is 0 Å². The Kier molecular flexibility index (Phi) is 10.2. The normalized spacial score (nSPS) is 16.0. The van der Waals surface area contributed by atoms with Gasteiger partial charge in [-0.3, -0.25) is 0 Å². The number of carboxylic acid groups (broad SMARTS) is 1. The van der Waals surface area contributed by atoms with E-state index in [0.29, 0.717) is 17.7 Å². The first-order chi connectivity index (χ1) is 20.8. The minimum Gasteiger partial charge on any atom is -0.480 e. The number of carbonyl (C=O) groups is 2. The molecule has 44 heavy (non-hydrogen) atoms. The van der Waals surface area contributed by atoms with Gasteiger partial charge in [0.1, 0.15) is 23.4 Å². The number of rotatable bonds is 13. The number of carboxylic acids is 1. The molecule has 0 bridgehead atoms. The van der Waals surface area contributed by atoms with Crippen molar-refractivity contribution in [1.82, 2.24) is 9.62 Å². The van der Waals surface area contributed by atoms with Crippen LogP contribution < -0.4 is 10.1 Å². The van der Waals surface area contributed by atoms with Gasteiger partial charge in [0.15, 0.2) is 5.60 Å². The molecule has 1 amide bonds. The third-order valence-corrected chi connectivity index (χ3v) is 8.63. The number of halogens is 2. The molecule has 1 heterocycles. The van der Waals surface area contributed by atoms with Gasteiger partial charge in [-0.05, 0) is 60.4 Å². The van der Waals surface area contributed by atoms with E-state index in [1.54, 1.807) is 6.07 Å². The van der Waals surface area contributed by atoms with Crippen molar-refractivity contribution in [1.29, 1.82) is 0 Å². The SMILES string of the molecule is CC(C)COC(C)OC(=O)NC(Cc1cccc(S(=O)(=O)N2CC(Oc3cccc(F)c3)(c3ccc(F)cc3)C2)c1)C(=O)O.